The van der Waals surface area contributed by atoms with Crippen LogP contribution in [0.25, 0.3) is 0 Å². The SMILES string of the molecule is CCCN(CCC)S(=O)(=O)CCC(=O)N[C@@H](Cc1ccc(C(C)C)cc1)[C@@H](O)CNCc1cccc(OC)c1. The number of amides is 1. The van der Waals surface area contributed by atoms with Gasteiger partial charge in [-0.25, -0.2) is 12.7 Å². The van der Waals surface area contributed by atoms with Gasteiger partial charge >= 0.3 is 0 Å². The van der Waals surface area contributed by atoms with Crippen LogP contribution < -0.4 is 15.4 Å². The third kappa shape index (κ3) is 11.3. The van der Waals surface area contributed by atoms with E-state index in [1.54, 1.807) is 7.11 Å². The lowest BCUT2D eigenvalue weighted by molar-refractivity contribution is -0.122. The van der Waals surface area contributed by atoms with Crippen molar-refractivity contribution in [1.29, 1.82) is 0 Å². The van der Waals surface area contributed by atoms with E-state index >= 15 is 0 Å². The zero-order valence-corrected chi connectivity index (χ0v) is 25.0. The molecule has 0 saturated heterocycles. The second kappa shape index (κ2) is 16.6. The molecule has 2 atom stereocenters. The third-order valence-corrected chi connectivity index (χ3v) is 8.53. The van der Waals surface area contributed by atoms with E-state index in [1.165, 1.54) is 9.87 Å². The minimum Gasteiger partial charge on any atom is -0.497 e. The fourth-order valence-corrected chi connectivity index (χ4v) is 6.01. The van der Waals surface area contributed by atoms with Gasteiger partial charge in [0.2, 0.25) is 15.9 Å². The predicted molar refractivity (Wildman–Crippen MR) is 157 cm³/mol. The summed E-state index contributed by atoms with van der Waals surface area (Å²) in [6.45, 7) is 9.82. The van der Waals surface area contributed by atoms with E-state index in [4.69, 9.17) is 4.74 Å². The first-order valence-electron chi connectivity index (χ1n) is 14.0. The molecule has 0 heterocycles. The number of aliphatic hydroxyl groups excluding tert-OH is 1. The van der Waals surface area contributed by atoms with E-state index in [9.17, 15) is 18.3 Å². The second-order valence-electron chi connectivity index (χ2n) is 10.3. The normalized spacial score (nSPS) is 13.4. The summed E-state index contributed by atoms with van der Waals surface area (Å²) in [5, 5.41) is 17.2. The molecule has 0 bridgehead atoms. The largest absolute Gasteiger partial charge is 0.497 e. The molecule has 1 amide bonds. The monoisotopic (exact) mass is 561 g/mol. The number of ether oxygens (including phenoxy) is 1. The number of rotatable bonds is 18. The number of nitrogens with one attached hydrogen (secondary N) is 2. The molecular formula is C30H47N3O5S. The van der Waals surface area contributed by atoms with Crippen LogP contribution in [0.3, 0.4) is 0 Å². The van der Waals surface area contributed by atoms with Crippen LogP contribution in [0.2, 0.25) is 0 Å². The van der Waals surface area contributed by atoms with Crippen LogP contribution in [0, 0.1) is 0 Å². The molecule has 39 heavy (non-hydrogen) atoms. The lowest BCUT2D eigenvalue weighted by atomic mass is 9.97. The molecule has 2 rings (SSSR count). The summed E-state index contributed by atoms with van der Waals surface area (Å²) in [5.74, 6) is 0.528. The van der Waals surface area contributed by atoms with Gasteiger partial charge in [0.25, 0.3) is 0 Å². The minimum absolute atomic E-state index is 0.154. The molecule has 0 unspecified atom stereocenters. The van der Waals surface area contributed by atoms with Gasteiger partial charge in [0.1, 0.15) is 5.75 Å². The van der Waals surface area contributed by atoms with Crippen molar-refractivity contribution in [2.45, 2.75) is 78.0 Å². The lowest BCUT2D eigenvalue weighted by Gasteiger charge is -2.26. The summed E-state index contributed by atoms with van der Waals surface area (Å²) in [6, 6.07) is 15.3. The summed E-state index contributed by atoms with van der Waals surface area (Å²) in [5.41, 5.74) is 3.22. The predicted octanol–water partition coefficient (Wildman–Crippen LogP) is 3.84. The maximum atomic E-state index is 12.9. The Morgan fingerprint density at radius 3 is 2.28 bits per heavy atom. The highest BCUT2D eigenvalue weighted by Gasteiger charge is 2.25. The molecule has 218 valence electrons. The topological polar surface area (TPSA) is 108 Å². The molecule has 3 N–H and O–H groups in total. The van der Waals surface area contributed by atoms with Gasteiger partial charge in [-0.15, -0.1) is 0 Å². The van der Waals surface area contributed by atoms with Gasteiger partial charge in [-0.1, -0.05) is 64.1 Å². The van der Waals surface area contributed by atoms with Crippen LogP contribution in [0.4, 0.5) is 0 Å². The summed E-state index contributed by atoms with van der Waals surface area (Å²) in [6.07, 6.45) is 0.837. The van der Waals surface area contributed by atoms with Gasteiger partial charge < -0.3 is 20.5 Å². The molecule has 0 fully saturated rings. The lowest BCUT2D eigenvalue weighted by Crippen LogP contribution is -2.49. The van der Waals surface area contributed by atoms with Crippen molar-refractivity contribution in [1.82, 2.24) is 14.9 Å². The van der Waals surface area contributed by atoms with Crippen LogP contribution in [-0.2, 0) is 27.8 Å². The molecule has 2 aromatic rings. The van der Waals surface area contributed by atoms with Gasteiger partial charge in [0.05, 0.1) is 25.0 Å². The van der Waals surface area contributed by atoms with Crippen molar-refractivity contribution < 1.29 is 23.1 Å². The Labute approximate surface area is 235 Å². The average Bonchev–Trinajstić information content (AvgIpc) is 2.92. The zero-order valence-electron chi connectivity index (χ0n) is 24.2. The summed E-state index contributed by atoms with van der Waals surface area (Å²) >= 11 is 0. The van der Waals surface area contributed by atoms with E-state index in [0.29, 0.717) is 32.0 Å². The first-order chi connectivity index (χ1) is 18.6. The van der Waals surface area contributed by atoms with Gasteiger partial charge in [0, 0.05) is 32.6 Å². The first kappa shape index (κ1) is 32.8. The number of methoxy groups -OCH3 is 1. The summed E-state index contributed by atoms with van der Waals surface area (Å²) < 4.78 is 32.4. The van der Waals surface area contributed by atoms with Crippen molar-refractivity contribution in [3.05, 3.63) is 65.2 Å². The maximum Gasteiger partial charge on any atom is 0.221 e. The molecule has 2 aromatic carbocycles. The van der Waals surface area contributed by atoms with Crippen LogP contribution in [-0.4, -0.2) is 68.4 Å². The van der Waals surface area contributed by atoms with Crippen molar-refractivity contribution >= 4 is 15.9 Å². The number of hydrogen-bond acceptors (Lipinski definition) is 6. The molecule has 0 saturated carbocycles. The maximum absolute atomic E-state index is 12.9. The molecule has 0 aliphatic rings. The van der Waals surface area contributed by atoms with Crippen LogP contribution >= 0.6 is 0 Å². The highest BCUT2D eigenvalue weighted by molar-refractivity contribution is 7.89. The Bertz CT molecular complexity index is 1100. The molecule has 8 nitrogen and oxygen atoms in total. The molecule has 0 aromatic heterocycles. The molecule has 0 spiro atoms. The van der Waals surface area contributed by atoms with Gasteiger partial charge in [0.15, 0.2) is 0 Å². The zero-order chi connectivity index (χ0) is 28.8. The molecule has 9 heteroatoms. The Balaban J connectivity index is 2.06. The Morgan fingerprint density at radius 1 is 1.03 bits per heavy atom. The molecule has 0 aliphatic heterocycles. The Morgan fingerprint density at radius 2 is 1.69 bits per heavy atom. The standard InChI is InChI=1S/C30H47N3O5S/c1-6-16-33(17-7-2)39(36,37)18-15-30(35)32-28(20-24-11-13-26(14-12-24)23(3)4)29(34)22-31-21-25-9-8-10-27(19-25)38-5/h8-14,19,23,28-29,31,34H,6-7,15-18,20-22H2,1-5H3,(H,32,35)/t28-,29-/m0/s1. The number of benzene rings is 2. The fourth-order valence-electron chi connectivity index (χ4n) is 4.38. The summed E-state index contributed by atoms with van der Waals surface area (Å²) in [4.78, 5) is 12.9. The highest BCUT2D eigenvalue weighted by atomic mass is 32.2. The smallest absolute Gasteiger partial charge is 0.221 e. The first-order valence-corrected chi connectivity index (χ1v) is 15.6. The van der Waals surface area contributed by atoms with E-state index in [2.05, 4.69) is 36.6 Å². The van der Waals surface area contributed by atoms with E-state index in [1.807, 2.05) is 50.2 Å². The van der Waals surface area contributed by atoms with E-state index in [-0.39, 0.29) is 24.6 Å². The Kier molecular flexibility index (Phi) is 13.9. The van der Waals surface area contributed by atoms with E-state index < -0.39 is 22.2 Å². The average molecular weight is 562 g/mol. The number of hydrogen-bond donors (Lipinski definition) is 3. The van der Waals surface area contributed by atoms with Gasteiger partial charge in [-0.2, -0.15) is 0 Å². The van der Waals surface area contributed by atoms with Crippen molar-refractivity contribution in [3.8, 4) is 5.75 Å². The van der Waals surface area contributed by atoms with Crippen molar-refractivity contribution in [2.75, 3.05) is 32.5 Å². The van der Waals surface area contributed by atoms with Crippen molar-refractivity contribution in [3.63, 3.8) is 0 Å². The molecule has 0 radical (unpaired) electrons. The third-order valence-electron chi connectivity index (χ3n) is 6.66. The van der Waals surface area contributed by atoms with Gasteiger partial charge in [-0.05, 0) is 54.0 Å². The van der Waals surface area contributed by atoms with Gasteiger partial charge in [-0.3, -0.25) is 4.79 Å². The molecular weight excluding hydrogens is 514 g/mol. The quantitative estimate of drug-likeness (QED) is 0.255. The van der Waals surface area contributed by atoms with E-state index in [0.717, 1.165) is 29.7 Å². The second-order valence-corrected chi connectivity index (χ2v) is 12.4. The number of aliphatic hydroxyl groups is 1. The highest BCUT2D eigenvalue weighted by Crippen LogP contribution is 2.17. The number of carbonyl (C=O) groups excluding carboxylic acids is 1. The number of carbonyl (C=O) groups is 1. The summed E-state index contributed by atoms with van der Waals surface area (Å²) in [7, 11) is -1.91. The van der Waals surface area contributed by atoms with Crippen molar-refractivity contribution in [2.24, 2.45) is 0 Å². The minimum atomic E-state index is -3.53. The number of nitrogens with zero attached hydrogens (tertiary/aromatic N) is 1. The number of sulfonamides is 1. The van der Waals surface area contributed by atoms with Crippen LogP contribution in [0.15, 0.2) is 48.5 Å². The van der Waals surface area contributed by atoms with Crippen LogP contribution in [0.1, 0.15) is 69.6 Å². The molecule has 0 aliphatic carbocycles. The fraction of sp³-hybridized carbons (Fsp3) is 0.567. The van der Waals surface area contributed by atoms with Crippen LogP contribution in [0.5, 0.6) is 5.75 Å². The Hall–Kier alpha value is -2.46.